The average molecular weight is 160 g/mol. The van der Waals surface area contributed by atoms with Crippen molar-refractivity contribution in [2.45, 2.75) is 20.1 Å². The van der Waals surface area contributed by atoms with Gasteiger partial charge in [-0.05, 0) is 7.05 Å². The van der Waals surface area contributed by atoms with Crippen LogP contribution in [0.2, 0.25) is 0 Å². The average Bonchev–Trinajstić information content (AvgIpc) is 2.36. The van der Waals surface area contributed by atoms with E-state index >= 15 is 0 Å². The fourth-order valence-corrected chi connectivity index (χ4v) is 0.722. The van der Waals surface area contributed by atoms with Crippen molar-refractivity contribution in [3.63, 3.8) is 0 Å². The lowest BCUT2D eigenvalue weighted by Crippen LogP contribution is -2.28. The number of carbonyl (C=O) groups is 1. The van der Waals surface area contributed by atoms with E-state index in [1.54, 1.807) is 14.1 Å². The van der Waals surface area contributed by atoms with E-state index in [0.29, 0.717) is 6.54 Å². The molecule has 1 atom stereocenters. The van der Waals surface area contributed by atoms with Gasteiger partial charge in [0.05, 0.1) is 6.54 Å². The minimum absolute atomic E-state index is 0.123. The molecule has 0 saturated carbocycles. The van der Waals surface area contributed by atoms with Crippen molar-refractivity contribution in [1.82, 2.24) is 10.2 Å². The number of nitrogens with one attached hydrogen (secondary N) is 1. The highest BCUT2D eigenvalue weighted by Crippen LogP contribution is 2.04. The Morgan fingerprint density at radius 3 is 2.36 bits per heavy atom. The summed E-state index contributed by atoms with van der Waals surface area (Å²) in [5.41, 5.74) is 0. The lowest BCUT2D eigenvalue weighted by Gasteiger charge is -2.03. The summed E-state index contributed by atoms with van der Waals surface area (Å²) in [6.07, 6.45) is -0.378. The summed E-state index contributed by atoms with van der Waals surface area (Å²) >= 11 is 0. The van der Waals surface area contributed by atoms with Gasteiger partial charge in [-0.15, -0.1) is 0 Å². The highest BCUT2D eigenvalue weighted by Gasteiger charge is 2.26. The Balaban J connectivity index is 0.000000461. The molecule has 4 heteroatoms. The number of hydrogen-bond donors (Lipinski definition) is 1. The van der Waals surface area contributed by atoms with Crippen molar-refractivity contribution in [2.75, 3.05) is 20.6 Å². The van der Waals surface area contributed by atoms with Crippen molar-refractivity contribution >= 4 is 6.09 Å². The van der Waals surface area contributed by atoms with Crippen LogP contribution in [0.4, 0.5) is 4.79 Å². The monoisotopic (exact) mass is 160 g/mol. The van der Waals surface area contributed by atoms with Crippen LogP contribution in [0, 0.1) is 0 Å². The summed E-state index contributed by atoms with van der Waals surface area (Å²) < 4.78 is 4.80. The second-order valence-corrected chi connectivity index (χ2v) is 2.04. The van der Waals surface area contributed by atoms with Crippen LogP contribution < -0.4 is 5.32 Å². The van der Waals surface area contributed by atoms with Crippen LogP contribution >= 0.6 is 0 Å². The molecule has 1 rings (SSSR count). The van der Waals surface area contributed by atoms with E-state index in [4.69, 9.17) is 4.74 Å². The van der Waals surface area contributed by atoms with Crippen molar-refractivity contribution < 1.29 is 9.53 Å². The molecule has 1 saturated heterocycles. The van der Waals surface area contributed by atoms with Crippen LogP contribution in [0.15, 0.2) is 0 Å². The first-order chi connectivity index (χ1) is 5.24. The molecule has 1 amide bonds. The summed E-state index contributed by atoms with van der Waals surface area (Å²) in [5.74, 6) is 0. The molecule has 1 aliphatic heterocycles. The Hall–Kier alpha value is -0.770. The molecule has 1 unspecified atom stereocenters. The van der Waals surface area contributed by atoms with E-state index in [2.05, 4.69) is 5.32 Å². The quantitative estimate of drug-likeness (QED) is 0.612. The van der Waals surface area contributed by atoms with E-state index in [1.807, 2.05) is 13.8 Å². The Morgan fingerprint density at radius 1 is 1.64 bits per heavy atom. The van der Waals surface area contributed by atoms with Gasteiger partial charge in [-0.1, -0.05) is 13.8 Å². The maximum atomic E-state index is 10.6. The minimum Gasteiger partial charge on any atom is -0.428 e. The molecular formula is C7H16N2O2. The third kappa shape index (κ3) is 2.76. The first kappa shape index (κ1) is 10.2. The summed E-state index contributed by atoms with van der Waals surface area (Å²) in [6.45, 7) is 4.63. The third-order valence-corrected chi connectivity index (χ3v) is 1.32. The van der Waals surface area contributed by atoms with E-state index in [-0.39, 0.29) is 12.3 Å². The molecule has 1 aliphatic rings. The SMILES string of the molecule is CC.CNC1CN(C)C(=O)O1. The number of likely N-dealkylation sites (N-methyl/N-ethyl adjacent to an activating group) is 2. The fourth-order valence-electron chi connectivity index (χ4n) is 0.722. The van der Waals surface area contributed by atoms with Crippen LogP contribution in [-0.2, 0) is 4.74 Å². The van der Waals surface area contributed by atoms with E-state index in [1.165, 1.54) is 4.90 Å². The molecule has 0 aromatic carbocycles. The van der Waals surface area contributed by atoms with E-state index < -0.39 is 0 Å². The van der Waals surface area contributed by atoms with Gasteiger partial charge in [0.2, 0.25) is 0 Å². The van der Waals surface area contributed by atoms with Crippen molar-refractivity contribution in [2.24, 2.45) is 0 Å². The van der Waals surface area contributed by atoms with Gasteiger partial charge in [-0.25, -0.2) is 4.79 Å². The van der Waals surface area contributed by atoms with Crippen LogP contribution in [0.3, 0.4) is 0 Å². The zero-order chi connectivity index (χ0) is 8.85. The fraction of sp³-hybridized carbons (Fsp3) is 0.857. The van der Waals surface area contributed by atoms with Gasteiger partial charge < -0.3 is 9.64 Å². The highest BCUT2D eigenvalue weighted by atomic mass is 16.6. The van der Waals surface area contributed by atoms with Crippen LogP contribution in [0.5, 0.6) is 0 Å². The number of nitrogens with zero attached hydrogens (tertiary/aromatic N) is 1. The molecule has 4 nitrogen and oxygen atoms in total. The largest absolute Gasteiger partial charge is 0.428 e. The lowest BCUT2D eigenvalue weighted by molar-refractivity contribution is 0.123. The Bertz CT molecular complexity index is 128. The standard InChI is InChI=1S/C5H10N2O2.C2H6/c1-6-4-3-7(2)5(8)9-4;1-2/h4,6H,3H2,1-2H3;1-2H3. The molecule has 0 aromatic heterocycles. The highest BCUT2D eigenvalue weighted by molar-refractivity contribution is 5.69. The van der Waals surface area contributed by atoms with Crippen LogP contribution in [0.25, 0.3) is 0 Å². The Labute approximate surface area is 67.5 Å². The summed E-state index contributed by atoms with van der Waals surface area (Å²) in [7, 11) is 3.47. The second kappa shape index (κ2) is 4.96. The number of amides is 1. The lowest BCUT2D eigenvalue weighted by atomic mass is 10.5. The van der Waals surface area contributed by atoms with E-state index in [0.717, 1.165) is 0 Å². The van der Waals surface area contributed by atoms with Gasteiger partial charge in [0, 0.05) is 7.05 Å². The zero-order valence-corrected chi connectivity index (χ0v) is 7.55. The molecule has 1 fully saturated rings. The zero-order valence-electron chi connectivity index (χ0n) is 7.55. The normalized spacial score (nSPS) is 22.4. The first-order valence-corrected chi connectivity index (χ1v) is 3.83. The predicted molar refractivity (Wildman–Crippen MR) is 43.3 cm³/mol. The Morgan fingerprint density at radius 2 is 2.18 bits per heavy atom. The molecule has 0 aliphatic carbocycles. The third-order valence-electron chi connectivity index (χ3n) is 1.32. The Kier molecular flexibility index (Phi) is 4.61. The molecule has 0 spiro atoms. The molecule has 0 bridgehead atoms. The smallest absolute Gasteiger partial charge is 0.411 e. The molecular weight excluding hydrogens is 144 g/mol. The number of rotatable bonds is 1. The van der Waals surface area contributed by atoms with Crippen molar-refractivity contribution in [1.29, 1.82) is 0 Å². The van der Waals surface area contributed by atoms with Crippen molar-refractivity contribution in [3.05, 3.63) is 0 Å². The molecule has 66 valence electrons. The maximum absolute atomic E-state index is 10.6. The summed E-state index contributed by atoms with van der Waals surface area (Å²) in [5, 5.41) is 2.84. The first-order valence-electron chi connectivity index (χ1n) is 3.83. The number of carbonyl (C=O) groups excluding carboxylic acids is 1. The maximum Gasteiger partial charge on any atom is 0.411 e. The van der Waals surface area contributed by atoms with Crippen LogP contribution in [0.1, 0.15) is 13.8 Å². The van der Waals surface area contributed by atoms with Crippen molar-refractivity contribution in [3.8, 4) is 0 Å². The van der Waals surface area contributed by atoms with Gasteiger partial charge in [-0.3, -0.25) is 5.32 Å². The van der Waals surface area contributed by atoms with Gasteiger partial charge in [-0.2, -0.15) is 0 Å². The van der Waals surface area contributed by atoms with Gasteiger partial charge >= 0.3 is 6.09 Å². The van der Waals surface area contributed by atoms with Gasteiger partial charge in [0.1, 0.15) is 0 Å². The summed E-state index contributed by atoms with van der Waals surface area (Å²) in [4.78, 5) is 12.1. The predicted octanol–water partition coefficient (Wildman–Crippen LogP) is 0.640. The molecule has 0 aromatic rings. The molecule has 1 heterocycles. The molecule has 0 radical (unpaired) electrons. The number of hydrogen-bond acceptors (Lipinski definition) is 3. The molecule has 1 N–H and O–H groups in total. The van der Waals surface area contributed by atoms with Crippen LogP contribution in [-0.4, -0.2) is 37.9 Å². The topological polar surface area (TPSA) is 41.6 Å². The van der Waals surface area contributed by atoms with E-state index in [9.17, 15) is 4.79 Å². The summed E-state index contributed by atoms with van der Waals surface area (Å²) in [6, 6.07) is 0. The number of ether oxygens (including phenoxy) is 1. The number of cyclic esters (lactones) is 1. The minimum atomic E-state index is -0.255. The van der Waals surface area contributed by atoms with Gasteiger partial charge in [0.25, 0.3) is 0 Å². The molecule has 11 heavy (non-hydrogen) atoms. The van der Waals surface area contributed by atoms with Gasteiger partial charge in [0.15, 0.2) is 6.23 Å². The second-order valence-electron chi connectivity index (χ2n) is 2.04.